The van der Waals surface area contributed by atoms with Crippen LogP contribution < -0.4 is 15.8 Å². The van der Waals surface area contributed by atoms with Gasteiger partial charge in [-0.05, 0) is 49.4 Å². The van der Waals surface area contributed by atoms with Gasteiger partial charge in [0.25, 0.3) is 5.56 Å². The number of halogens is 1. The first-order valence-electron chi connectivity index (χ1n) is 10.4. The van der Waals surface area contributed by atoms with E-state index >= 15 is 0 Å². The first-order valence-corrected chi connectivity index (χ1v) is 10.4. The van der Waals surface area contributed by atoms with Crippen molar-refractivity contribution in [3.8, 4) is 11.3 Å². The van der Waals surface area contributed by atoms with Crippen molar-refractivity contribution in [1.29, 1.82) is 0 Å². The predicted molar refractivity (Wildman–Crippen MR) is 119 cm³/mol. The van der Waals surface area contributed by atoms with Crippen LogP contribution in [0.3, 0.4) is 0 Å². The van der Waals surface area contributed by atoms with Gasteiger partial charge in [0.2, 0.25) is 11.8 Å². The van der Waals surface area contributed by atoms with Crippen LogP contribution >= 0.6 is 0 Å². The summed E-state index contributed by atoms with van der Waals surface area (Å²) in [5, 5.41) is 7.11. The second kappa shape index (κ2) is 9.13. The molecule has 164 valence electrons. The summed E-state index contributed by atoms with van der Waals surface area (Å²) in [6.45, 7) is 2.68. The van der Waals surface area contributed by atoms with Crippen molar-refractivity contribution in [3.63, 3.8) is 0 Å². The van der Waals surface area contributed by atoms with Crippen LogP contribution in [0.4, 0.5) is 10.1 Å². The van der Waals surface area contributed by atoms with Crippen LogP contribution in [-0.2, 0) is 16.1 Å². The molecule has 1 aliphatic heterocycles. The Kier molecular flexibility index (Phi) is 6.11. The fourth-order valence-electron chi connectivity index (χ4n) is 3.67. The Morgan fingerprint density at radius 1 is 1.06 bits per heavy atom. The highest BCUT2D eigenvalue weighted by molar-refractivity contribution is 6.00. The van der Waals surface area contributed by atoms with Gasteiger partial charge >= 0.3 is 0 Å². The first kappa shape index (κ1) is 21.4. The molecule has 1 aliphatic rings. The average Bonchev–Trinajstić information content (AvgIpc) is 3.18. The molecule has 1 N–H and O–H groups in total. The highest BCUT2D eigenvalue weighted by Gasteiger charge is 2.34. The lowest BCUT2D eigenvalue weighted by atomic mass is 10.1. The quantitative estimate of drug-likeness (QED) is 0.646. The third-order valence-corrected chi connectivity index (χ3v) is 5.47. The molecule has 1 unspecified atom stereocenters. The van der Waals surface area contributed by atoms with Crippen molar-refractivity contribution in [2.45, 2.75) is 19.9 Å². The summed E-state index contributed by atoms with van der Waals surface area (Å²) in [4.78, 5) is 38.7. The van der Waals surface area contributed by atoms with Crippen molar-refractivity contribution in [1.82, 2.24) is 15.1 Å². The summed E-state index contributed by atoms with van der Waals surface area (Å²) in [7, 11) is 0. The number of aryl methyl sites for hydroxylation is 1. The Hall–Kier alpha value is -3.81. The second-order valence-electron chi connectivity index (χ2n) is 7.82. The zero-order valence-corrected chi connectivity index (χ0v) is 17.6. The molecule has 2 aromatic carbocycles. The fourth-order valence-corrected chi connectivity index (χ4v) is 3.67. The topological polar surface area (TPSA) is 84.3 Å². The molecule has 0 radical (unpaired) electrons. The van der Waals surface area contributed by atoms with Crippen LogP contribution in [-0.4, -0.2) is 34.7 Å². The summed E-state index contributed by atoms with van der Waals surface area (Å²) < 4.78 is 14.4. The fraction of sp³-hybridized carbons (Fsp3) is 0.250. The third kappa shape index (κ3) is 4.74. The maximum atomic E-state index is 13.1. The molecule has 0 bridgehead atoms. The maximum absolute atomic E-state index is 13.1. The van der Waals surface area contributed by atoms with E-state index in [0.29, 0.717) is 17.8 Å². The number of benzene rings is 2. The number of rotatable bonds is 6. The Labute approximate surface area is 184 Å². The minimum Gasteiger partial charge on any atom is -0.354 e. The molecule has 0 spiro atoms. The maximum Gasteiger partial charge on any atom is 0.266 e. The molecule has 0 aliphatic carbocycles. The normalized spacial score (nSPS) is 15.8. The molecular weight excluding hydrogens is 411 g/mol. The lowest BCUT2D eigenvalue weighted by molar-refractivity contribution is -0.126. The SMILES string of the molecule is Cc1ccc(N2CC(C(=O)NCCn3nc(-c4ccc(F)cc4)ccc3=O)CC2=O)cc1. The van der Waals surface area contributed by atoms with Crippen LogP contribution in [0.1, 0.15) is 12.0 Å². The summed E-state index contributed by atoms with van der Waals surface area (Å²) in [5.41, 5.74) is 2.80. The van der Waals surface area contributed by atoms with Crippen molar-refractivity contribution in [3.05, 3.63) is 82.4 Å². The molecule has 2 amide bonds. The largest absolute Gasteiger partial charge is 0.354 e. The van der Waals surface area contributed by atoms with Gasteiger partial charge in [-0.25, -0.2) is 9.07 Å². The van der Waals surface area contributed by atoms with Gasteiger partial charge in [0, 0.05) is 36.8 Å². The number of aromatic nitrogens is 2. The van der Waals surface area contributed by atoms with Crippen molar-refractivity contribution in [2.75, 3.05) is 18.0 Å². The van der Waals surface area contributed by atoms with Gasteiger partial charge in [-0.1, -0.05) is 17.7 Å². The van der Waals surface area contributed by atoms with Gasteiger partial charge in [-0.3, -0.25) is 14.4 Å². The summed E-state index contributed by atoms with van der Waals surface area (Å²) in [6.07, 6.45) is 0.151. The highest BCUT2D eigenvalue weighted by Crippen LogP contribution is 2.25. The van der Waals surface area contributed by atoms with Crippen LogP contribution in [0, 0.1) is 18.7 Å². The Bertz CT molecular complexity index is 1190. The molecule has 2 heterocycles. The first-order chi connectivity index (χ1) is 15.4. The van der Waals surface area contributed by atoms with Crippen LogP contribution in [0.2, 0.25) is 0 Å². The van der Waals surface area contributed by atoms with Gasteiger partial charge in [0.1, 0.15) is 5.82 Å². The third-order valence-electron chi connectivity index (χ3n) is 5.47. The highest BCUT2D eigenvalue weighted by atomic mass is 19.1. The standard InChI is InChI=1S/C24H23FN4O3/c1-16-2-8-20(9-3-16)28-15-18(14-23(28)31)24(32)26-12-13-29-22(30)11-10-21(27-29)17-4-6-19(25)7-5-17/h2-11,18H,12-15H2,1H3,(H,26,32). The minimum atomic E-state index is -0.445. The predicted octanol–water partition coefficient (Wildman–Crippen LogP) is 2.53. The van der Waals surface area contributed by atoms with E-state index in [1.165, 1.54) is 22.9 Å². The lowest BCUT2D eigenvalue weighted by Crippen LogP contribution is -2.36. The number of nitrogens with one attached hydrogen (secondary N) is 1. The Morgan fingerprint density at radius 2 is 1.78 bits per heavy atom. The molecule has 1 aromatic heterocycles. The lowest BCUT2D eigenvalue weighted by Gasteiger charge is -2.17. The zero-order valence-electron chi connectivity index (χ0n) is 17.6. The van der Waals surface area contributed by atoms with Crippen LogP contribution in [0.5, 0.6) is 0 Å². The molecule has 1 saturated heterocycles. The molecule has 1 atom stereocenters. The van der Waals surface area contributed by atoms with E-state index in [-0.39, 0.29) is 42.7 Å². The van der Waals surface area contributed by atoms with Crippen LogP contribution in [0.15, 0.2) is 65.5 Å². The van der Waals surface area contributed by atoms with E-state index in [2.05, 4.69) is 10.4 Å². The number of amides is 2. The minimum absolute atomic E-state index is 0.0844. The van der Waals surface area contributed by atoms with Crippen molar-refractivity contribution in [2.24, 2.45) is 5.92 Å². The van der Waals surface area contributed by atoms with Crippen molar-refractivity contribution < 1.29 is 14.0 Å². The molecule has 32 heavy (non-hydrogen) atoms. The van der Waals surface area contributed by atoms with E-state index in [1.54, 1.807) is 23.1 Å². The number of hydrogen-bond donors (Lipinski definition) is 1. The van der Waals surface area contributed by atoms with E-state index in [0.717, 1.165) is 11.3 Å². The second-order valence-corrected chi connectivity index (χ2v) is 7.82. The Morgan fingerprint density at radius 3 is 2.50 bits per heavy atom. The summed E-state index contributed by atoms with van der Waals surface area (Å²) in [6, 6.07) is 16.4. The monoisotopic (exact) mass is 434 g/mol. The van der Waals surface area contributed by atoms with Gasteiger partial charge in [0.05, 0.1) is 18.2 Å². The number of carbonyl (C=O) groups is 2. The molecular formula is C24H23FN4O3. The zero-order chi connectivity index (χ0) is 22.7. The van der Waals surface area contributed by atoms with E-state index in [9.17, 15) is 18.8 Å². The van der Waals surface area contributed by atoms with Gasteiger partial charge in [-0.15, -0.1) is 0 Å². The average molecular weight is 434 g/mol. The molecule has 4 rings (SSSR count). The van der Waals surface area contributed by atoms with Crippen LogP contribution in [0.25, 0.3) is 11.3 Å². The molecule has 7 nitrogen and oxygen atoms in total. The molecule has 0 saturated carbocycles. The molecule has 3 aromatic rings. The molecule has 8 heteroatoms. The summed E-state index contributed by atoms with van der Waals surface area (Å²) >= 11 is 0. The number of hydrogen-bond acceptors (Lipinski definition) is 4. The van der Waals surface area contributed by atoms with Gasteiger partial charge in [-0.2, -0.15) is 5.10 Å². The molecule has 1 fully saturated rings. The summed E-state index contributed by atoms with van der Waals surface area (Å²) in [5.74, 6) is -1.11. The Balaban J connectivity index is 1.35. The van der Waals surface area contributed by atoms with Gasteiger partial charge in [0.15, 0.2) is 0 Å². The van der Waals surface area contributed by atoms with E-state index in [1.807, 2.05) is 31.2 Å². The number of nitrogens with zero attached hydrogens (tertiary/aromatic N) is 3. The number of carbonyl (C=O) groups excluding carboxylic acids is 2. The van der Waals surface area contributed by atoms with Gasteiger partial charge < -0.3 is 10.2 Å². The number of anilines is 1. The van der Waals surface area contributed by atoms with Crippen molar-refractivity contribution >= 4 is 17.5 Å². The van der Waals surface area contributed by atoms with E-state index in [4.69, 9.17) is 0 Å². The van der Waals surface area contributed by atoms with E-state index < -0.39 is 5.92 Å². The smallest absolute Gasteiger partial charge is 0.266 e.